The van der Waals surface area contributed by atoms with Crippen molar-refractivity contribution >= 4 is 27.8 Å². The summed E-state index contributed by atoms with van der Waals surface area (Å²) in [6.45, 7) is 12.2. The van der Waals surface area contributed by atoms with E-state index >= 15 is 0 Å². The molecule has 5 nitrogen and oxygen atoms in total. The fraction of sp³-hybridized carbons (Fsp3) is 0.667. The Morgan fingerprint density at radius 2 is 1.54 bits per heavy atom. The lowest BCUT2D eigenvalue weighted by atomic mass is 9.89. The molecule has 0 fully saturated rings. The molecule has 0 aromatic heterocycles. The maximum absolute atomic E-state index is 13.4. The highest BCUT2D eigenvalue weighted by atomic mass is 32.2. The molecule has 0 heterocycles. The molecular weight excluding hydrogens is 394 g/mol. The van der Waals surface area contributed by atoms with Crippen LogP contribution < -0.4 is 4.72 Å². The van der Waals surface area contributed by atoms with Crippen LogP contribution in [0.4, 0.5) is 0 Å². The van der Waals surface area contributed by atoms with Crippen LogP contribution in [0.3, 0.4) is 0 Å². The SMILES string of the molecule is COC(=O)[C@@H](CCSC)NS(=O)(=O)c1c(C(C)C)cc(C(C)C)cc1C(C)C. The molecule has 28 heavy (non-hydrogen) atoms. The van der Waals surface area contributed by atoms with Crippen molar-refractivity contribution in [3.05, 3.63) is 28.8 Å². The summed E-state index contributed by atoms with van der Waals surface area (Å²) in [5.41, 5.74) is 2.70. The Morgan fingerprint density at radius 1 is 1.04 bits per heavy atom. The van der Waals surface area contributed by atoms with Gasteiger partial charge in [-0.1, -0.05) is 53.7 Å². The number of ether oxygens (including phenoxy) is 1. The summed E-state index contributed by atoms with van der Waals surface area (Å²) >= 11 is 1.56. The zero-order chi connectivity index (χ0) is 21.6. The third-order valence-electron chi connectivity index (χ3n) is 4.74. The molecule has 0 spiro atoms. The maximum atomic E-state index is 13.4. The quantitative estimate of drug-likeness (QED) is 0.549. The van der Waals surface area contributed by atoms with Gasteiger partial charge in [0.2, 0.25) is 10.0 Å². The molecule has 160 valence electrons. The van der Waals surface area contributed by atoms with Crippen LogP contribution in [0.25, 0.3) is 0 Å². The van der Waals surface area contributed by atoms with Gasteiger partial charge in [0.1, 0.15) is 6.04 Å². The molecule has 0 aliphatic heterocycles. The van der Waals surface area contributed by atoms with Crippen LogP contribution in [-0.4, -0.2) is 39.5 Å². The standard InChI is InChI=1S/C21H35NO4S2/c1-13(2)16-11-17(14(3)4)20(18(12-16)15(5)6)28(24,25)22-19(9-10-27-8)21(23)26-7/h11-15,19,22H,9-10H2,1-8H3/t19-/m1/s1. The summed E-state index contributed by atoms with van der Waals surface area (Å²) in [5, 5.41) is 0. The lowest BCUT2D eigenvalue weighted by Crippen LogP contribution is -2.42. The highest BCUT2D eigenvalue weighted by Crippen LogP contribution is 2.35. The Labute approximate surface area is 175 Å². The number of carbonyl (C=O) groups is 1. The number of sulfonamides is 1. The Hall–Kier alpha value is -1.05. The second-order valence-electron chi connectivity index (χ2n) is 7.97. The van der Waals surface area contributed by atoms with E-state index in [0.29, 0.717) is 23.0 Å². The molecule has 1 rings (SSSR count). The summed E-state index contributed by atoms with van der Waals surface area (Å²) in [6.07, 6.45) is 2.30. The van der Waals surface area contributed by atoms with Gasteiger partial charge >= 0.3 is 5.97 Å². The zero-order valence-electron chi connectivity index (χ0n) is 18.3. The number of benzene rings is 1. The van der Waals surface area contributed by atoms with Crippen molar-refractivity contribution in [1.82, 2.24) is 4.72 Å². The van der Waals surface area contributed by atoms with E-state index in [4.69, 9.17) is 4.74 Å². The van der Waals surface area contributed by atoms with E-state index in [9.17, 15) is 13.2 Å². The van der Waals surface area contributed by atoms with Gasteiger partial charge in [0.05, 0.1) is 12.0 Å². The van der Waals surface area contributed by atoms with E-state index in [1.807, 2.05) is 46.1 Å². The minimum atomic E-state index is -3.90. The van der Waals surface area contributed by atoms with E-state index in [1.54, 1.807) is 11.8 Å². The van der Waals surface area contributed by atoms with Gasteiger partial charge in [-0.3, -0.25) is 4.79 Å². The Morgan fingerprint density at radius 3 is 1.89 bits per heavy atom. The molecule has 7 heteroatoms. The van der Waals surface area contributed by atoms with Gasteiger partial charge in [-0.05, 0) is 52.9 Å². The monoisotopic (exact) mass is 429 g/mol. The first-order chi connectivity index (χ1) is 13.0. The molecular formula is C21H35NO4S2. The molecule has 0 aliphatic rings. The lowest BCUT2D eigenvalue weighted by Gasteiger charge is -2.24. The minimum Gasteiger partial charge on any atom is -0.468 e. The topological polar surface area (TPSA) is 72.5 Å². The number of hydrogen-bond acceptors (Lipinski definition) is 5. The molecule has 0 bridgehead atoms. The first-order valence-electron chi connectivity index (χ1n) is 9.73. The van der Waals surface area contributed by atoms with Gasteiger partial charge in [-0.25, -0.2) is 8.42 Å². The number of hydrogen-bond donors (Lipinski definition) is 1. The number of methoxy groups -OCH3 is 1. The lowest BCUT2D eigenvalue weighted by molar-refractivity contribution is -0.142. The van der Waals surface area contributed by atoms with Gasteiger partial charge in [0.15, 0.2) is 0 Å². The minimum absolute atomic E-state index is 0.0329. The van der Waals surface area contributed by atoms with Crippen molar-refractivity contribution in [3.63, 3.8) is 0 Å². The second-order valence-corrected chi connectivity index (χ2v) is 10.6. The van der Waals surface area contributed by atoms with Crippen LogP contribution in [0.2, 0.25) is 0 Å². The van der Waals surface area contributed by atoms with Crippen LogP contribution >= 0.6 is 11.8 Å². The van der Waals surface area contributed by atoms with Crippen LogP contribution in [0.1, 0.15) is 82.4 Å². The molecule has 0 saturated heterocycles. The van der Waals surface area contributed by atoms with Crippen molar-refractivity contribution in [1.29, 1.82) is 0 Å². The third kappa shape index (κ3) is 6.22. The van der Waals surface area contributed by atoms with E-state index in [0.717, 1.165) is 16.7 Å². The van der Waals surface area contributed by atoms with Crippen LogP contribution in [0.15, 0.2) is 17.0 Å². The normalized spacial score (nSPS) is 13.4. The largest absolute Gasteiger partial charge is 0.468 e. The number of thioether (sulfide) groups is 1. The molecule has 0 unspecified atom stereocenters. The average molecular weight is 430 g/mol. The number of rotatable bonds is 10. The fourth-order valence-corrected chi connectivity index (χ4v) is 5.44. The van der Waals surface area contributed by atoms with E-state index in [2.05, 4.69) is 18.6 Å². The molecule has 0 saturated carbocycles. The highest BCUT2D eigenvalue weighted by molar-refractivity contribution is 7.98. The zero-order valence-corrected chi connectivity index (χ0v) is 20.0. The molecule has 0 radical (unpaired) electrons. The summed E-state index contributed by atoms with van der Waals surface area (Å²) in [4.78, 5) is 12.5. The van der Waals surface area contributed by atoms with Gasteiger partial charge < -0.3 is 4.74 Å². The summed E-state index contributed by atoms with van der Waals surface area (Å²) < 4.78 is 34.3. The van der Waals surface area contributed by atoms with Crippen LogP contribution in [0.5, 0.6) is 0 Å². The number of esters is 1. The first kappa shape index (κ1) is 25.0. The van der Waals surface area contributed by atoms with E-state index < -0.39 is 22.0 Å². The van der Waals surface area contributed by atoms with E-state index in [1.165, 1.54) is 7.11 Å². The van der Waals surface area contributed by atoms with Gasteiger partial charge in [-0.15, -0.1) is 0 Å². The Kier molecular flexibility index (Phi) is 9.50. The second kappa shape index (κ2) is 10.6. The van der Waals surface area contributed by atoms with Gasteiger partial charge in [-0.2, -0.15) is 16.5 Å². The Bertz CT molecular complexity index is 742. The molecule has 1 N–H and O–H groups in total. The van der Waals surface area contributed by atoms with Crippen molar-refractivity contribution in [2.24, 2.45) is 0 Å². The summed E-state index contributed by atoms with van der Waals surface area (Å²) in [7, 11) is -2.62. The summed E-state index contributed by atoms with van der Waals surface area (Å²) in [5.74, 6) is 0.455. The molecule has 1 aromatic carbocycles. The third-order valence-corrected chi connectivity index (χ3v) is 6.99. The van der Waals surface area contributed by atoms with Crippen molar-refractivity contribution < 1.29 is 17.9 Å². The van der Waals surface area contributed by atoms with Crippen LogP contribution in [0, 0.1) is 0 Å². The average Bonchev–Trinajstić information content (AvgIpc) is 2.62. The van der Waals surface area contributed by atoms with Gasteiger partial charge in [0, 0.05) is 0 Å². The fourth-order valence-electron chi connectivity index (χ4n) is 3.05. The highest BCUT2D eigenvalue weighted by Gasteiger charge is 2.31. The smallest absolute Gasteiger partial charge is 0.323 e. The van der Waals surface area contributed by atoms with E-state index in [-0.39, 0.29) is 11.8 Å². The van der Waals surface area contributed by atoms with Gasteiger partial charge in [0.25, 0.3) is 0 Å². The number of carbonyl (C=O) groups excluding carboxylic acids is 1. The first-order valence-corrected chi connectivity index (χ1v) is 12.6. The number of nitrogens with one attached hydrogen (secondary N) is 1. The maximum Gasteiger partial charge on any atom is 0.323 e. The molecule has 0 aliphatic carbocycles. The van der Waals surface area contributed by atoms with Crippen molar-refractivity contribution in [3.8, 4) is 0 Å². The summed E-state index contributed by atoms with van der Waals surface area (Å²) in [6, 6.07) is 3.09. The van der Waals surface area contributed by atoms with Crippen molar-refractivity contribution in [2.45, 2.75) is 76.7 Å². The predicted octanol–water partition coefficient (Wildman–Crippen LogP) is 4.63. The van der Waals surface area contributed by atoms with Crippen molar-refractivity contribution in [2.75, 3.05) is 19.1 Å². The molecule has 1 atom stereocenters. The predicted molar refractivity (Wildman–Crippen MR) is 118 cm³/mol. The molecule has 1 aromatic rings. The Balaban J connectivity index is 3.58. The molecule has 0 amide bonds. The van der Waals surface area contributed by atoms with Crippen LogP contribution in [-0.2, 0) is 19.6 Å².